The van der Waals surface area contributed by atoms with Crippen LogP contribution in [-0.4, -0.2) is 36.1 Å². The molecular weight excluding hydrogens is 278 g/mol. The molecule has 2 rings (SSSR count). The molecule has 0 radical (unpaired) electrons. The highest BCUT2D eigenvalue weighted by atomic mass is 16.5. The van der Waals surface area contributed by atoms with Crippen LogP contribution >= 0.6 is 0 Å². The third-order valence-corrected chi connectivity index (χ3v) is 4.14. The predicted molar refractivity (Wildman–Crippen MR) is 87.3 cm³/mol. The van der Waals surface area contributed by atoms with Crippen LogP contribution in [0.25, 0.3) is 0 Å². The van der Waals surface area contributed by atoms with Crippen LogP contribution in [-0.2, 0) is 4.79 Å². The Morgan fingerprint density at radius 3 is 2.32 bits per heavy atom. The number of likely N-dealkylation sites (tertiary alicyclic amines) is 1. The van der Waals surface area contributed by atoms with Gasteiger partial charge in [-0.1, -0.05) is 19.1 Å². The van der Waals surface area contributed by atoms with Crippen molar-refractivity contribution in [2.75, 3.05) is 13.2 Å². The second-order valence-electron chi connectivity index (χ2n) is 6.01. The predicted octanol–water partition coefficient (Wildman–Crippen LogP) is 3.64. The van der Waals surface area contributed by atoms with Crippen molar-refractivity contribution < 1.29 is 14.3 Å². The summed E-state index contributed by atoms with van der Waals surface area (Å²) in [6.45, 7) is 7.01. The first-order valence-corrected chi connectivity index (χ1v) is 8.29. The van der Waals surface area contributed by atoms with Crippen molar-refractivity contribution in [2.45, 2.75) is 58.5 Å². The zero-order valence-electron chi connectivity index (χ0n) is 13.9. The molecule has 122 valence electrons. The number of nitrogens with zero attached hydrogens (tertiary/aromatic N) is 1. The highest BCUT2D eigenvalue weighted by Crippen LogP contribution is 2.27. The standard InChI is InChI=1S/C18H27NO3/c1-4-12-21-16-10-5-6-11-17(16)22-13-18(20)19-14(2)8-7-9-15(19)3/h5-6,10-11,14-15H,4,7-9,12-13H2,1-3H3. The van der Waals surface area contributed by atoms with E-state index in [2.05, 4.69) is 20.8 Å². The Balaban J connectivity index is 1.96. The Kier molecular flexibility index (Phi) is 6.10. The summed E-state index contributed by atoms with van der Waals surface area (Å²) in [4.78, 5) is 14.4. The van der Waals surface area contributed by atoms with Crippen LogP contribution in [0.15, 0.2) is 24.3 Å². The van der Waals surface area contributed by atoms with Gasteiger partial charge in [0.1, 0.15) is 0 Å². The fraction of sp³-hybridized carbons (Fsp3) is 0.611. The average molecular weight is 305 g/mol. The topological polar surface area (TPSA) is 38.8 Å². The number of amides is 1. The van der Waals surface area contributed by atoms with Crippen LogP contribution in [0.5, 0.6) is 11.5 Å². The molecule has 22 heavy (non-hydrogen) atoms. The number of hydrogen-bond acceptors (Lipinski definition) is 3. The molecule has 1 heterocycles. The lowest BCUT2D eigenvalue weighted by Crippen LogP contribution is -2.49. The third kappa shape index (κ3) is 4.15. The van der Waals surface area contributed by atoms with Gasteiger partial charge in [0.15, 0.2) is 18.1 Å². The first-order chi connectivity index (χ1) is 10.6. The molecule has 2 atom stereocenters. The van der Waals surface area contributed by atoms with E-state index in [1.54, 1.807) is 0 Å². The Labute approximate surface area is 133 Å². The van der Waals surface area contributed by atoms with E-state index < -0.39 is 0 Å². The molecule has 2 unspecified atom stereocenters. The van der Waals surface area contributed by atoms with Gasteiger partial charge in [0.2, 0.25) is 0 Å². The number of piperidine rings is 1. The van der Waals surface area contributed by atoms with Crippen molar-refractivity contribution in [2.24, 2.45) is 0 Å². The molecule has 1 aliphatic rings. The van der Waals surface area contributed by atoms with Crippen LogP contribution in [0.2, 0.25) is 0 Å². The zero-order chi connectivity index (χ0) is 15.9. The monoisotopic (exact) mass is 305 g/mol. The molecule has 0 spiro atoms. The first-order valence-electron chi connectivity index (χ1n) is 8.29. The maximum Gasteiger partial charge on any atom is 0.260 e. The minimum absolute atomic E-state index is 0.0602. The van der Waals surface area contributed by atoms with E-state index in [-0.39, 0.29) is 12.5 Å². The molecule has 0 aliphatic carbocycles. The van der Waals surface area contributed by atoms with Crippen LogP contribution < -0.4 is 9.47 Å². The molecule has 1 aromatic rings. The molecule has 1 aromatic carbocycles. The Bertz CT molecular complexity index is 479. The molecule has 4 heteroatoms. The molecular formula is C18H27NO3. The minimum atomic E-state index is 0.0602. The molecule has 0 saturated carbocycles. The summed E-state index contributed by atoms with van der Waals surface area (Å²) >= 11 is 0. The van der Waals surface area contributed by atoms with Crippen molar-refractivity contribution in [3.05, 3.63) is 24.3 Å². The summed E-state index contributed by atoms with van der Waals surface area (Å²) in [5.74, 6) is 1.41. The largest absolute Gasteiger partial charge is 0.490 e. The highest BCUT2D eigenvalue weighted by Gasteiger charge is 2.29. The van der Waals surface area contributed by atoms with Gasteiger partial charge in [-0.15, -0.1) is 0 Å². The molecule has 1 saturated heterocycles. The Morgan fingerprint density at radius 1 is 1.14 bits per heavy atom. The van der Waals surface area contributed by atoms with Crippen LogP contribution in [0.1, 0.15) is 46.5 Å². The minimum Gasteiger partial charge on any atom is -0.490 e. The number of rotatable bonds is 6. The van der Waals surface area contributed by atoms with Crippen LogP contribution in [0.4, 0.5) is 0 Å². The number of carbonyl (C=O) groups excluding carboxylic acids is 1. The Hall–Kier alpha value is -1.71. The quantitative estimate of drug-likeness (QED) is 0.805. The van der Waals surface area contributed by atoms with E-state index in [4.69, 9.17) is 9.47 Å². The average Bonchev–Trinajstić information content (AvgIpc) is 2.51. The van der Waals surface area contributed by atoms with Gasteiger partial charge >= 0.3 is 0 Å². The van der Waals surface area contributed by atoms with Gasteiger partial charge < -0.3 is 14.4 Å². The van der Waals surface area contributed by atoms with Crippen LogP contribution in [0.3, 0.4) is 0 Å². The summed E-state index contributed by atoms with van der Waals surface area (Å²) in [6, 6.07) is 8.13. The smallest absolute Gasteiger partial charge is 0.260 e. The molecule has 1 aliphatic heterocycles. The number of hydrogen-bond donors (Lipinski definition) is 0. The van der Waals surface area contributed by atoms with Gasteiger partial charge in [-0.05, 0) is 51.7 Å². The molecule has 1 fully saturated rings. The van der Waals surface area contributed by atoms with Crippen molar-refractivity contribution in [3.8, 4) is 11.5 Å². The fourth-order valence-electron chi connectivity index (χ4n) is 3.03. The number of carbonyl (C=O) groups is 1. The summed E-state index contributed by atoms with van der Waals surface area (Å²) in [7, 11) is 0. The normalized spacial score (nSPS) is 21.5. The molecule has 4 nitrogen and oxygen atoms in total. The first kappa shape index (κ1) is 16.7. The van der Waals surface area contributed by atoms with Gasteiger partial charge in [-0.25, -0.2) is 0 Å². The van der Waals surface area contributed by atoms with Crippen molar-refractivity contribution in [1.82, 2.24) is 4.90 Å². The van der Waals surface area contributed by atoms with E-state index >= 15 is 0 Å². The van der Waals surface area contributed by atoms with E-state index in [1.807, 2.05) is 29.2 Å². The molecule has 0 bridgehead atoms. The van der Waals surface area contributed by atoms with Crippen molar-refractivity contribution in [3.63, 3.8) is 0 Å². The zero-order valence-corrected chi connectivity index (χ0v) is 13.9. The van der Waals surface area contributed by atoms with E-state index in [0.717, 1.165) is 19.3 Å². The summed E-state index contributed by atoms with van der Waals surface area (Å²) in [5.41, 5.74) is 0. The molecule has 1 amide bonds. The van der Waals surface area contributed by atoms with E-state index in [9.17, 15) is 4.79 Å². The summed E-state index contributed by atoms with van der Waals surface area (Å²) in [6.07, 6.45) is 4.29. The lowest BCUT2D eigenvalue weighted by atomic mass is 9.97. The second-order valence-corrected chi connectivity index (χ2v) is 6.01. The molecule has 0 aromatic heterocycles. The SMILES string of the molecule is CCCOc1ccccc1OCC(=O)N1C(C)CCCC1C. The third-order valence-electron chi connectivity index (χ3n) is 4.14. The Morgan fingerprint density at radius 2 is 1.73 bits per heavy atom. The number of ether oxygens (including phenoxy) is 2. The van der Waals surface area contributed by atoms with Crippen molar-refractivity contribution >= 4 is 5.91 Å². The summed E-state index contributed by atoms with van der Waals surface area (Å²) in [5, 5.41) is 0. The van der Waals surface area contributed by atoms with Gasteiger partial charge in [0.05, 0.1) is 6.61 Å². The number of para-hydroxylation sites is 2. The lowest BCUT2D eigenvalue weighted by molar-refractivity contribution is -0.139. The van der Waals surface area contributed by atoms with E-state index in [1.165, 1.54) is 6.42 Å². The maximum atomic E-state index is 12.5. The number of benzene rings is 1. The summed E-state index contributed by atoms with van der Waals surface area (Å²) < 4.78 is 11.4. The highest BCUT2D eigenvalue weighted by molar-refractivity contribution is 5.78. The maximum absolute atomic E-state index is 12.5. The van der Waals surface area contributed by atoms with Gasteiger partial charge in [0, 0.05) is 12.1 Å². The van der Waals surface area contributed by atoms with E-state index in [0.29, 0.717) is 30.2 Å². The van der Waals surface area contributed by atoms with Crippen molar-refractivity contribution in [1.29, 1.82) is 0 Å². The fourth-order valence-corrected chi connectivity index (χ4v) is 3.03. The van der Waals surface area contributed by atoms with Gasteiger partial charge in [-0.2, -0.15) is 0 Å². The lowest BCUT2D eigenvalue weighted by Gasteiger charge is -2.39. The second kappa shape index (κ2) is 8.06. The molecule has 0 N–H and O–H groups in total. The van der Waals surface area contributed by atoms with Crippen LogP contribution in [0, 0.1) is 0 Å². The van der Waals surface area contributed by atoms with Gasteiger partial charge in [0.25, 0.3) is 5.91 Å². The van der Waals surface area contributed by atoms with Gasteiger partial charge in [-0.3, -0.25) is 4.79 Å².